The normalized spacial score (nSPS) is 13.9. The fourth-order valence-corrected chi connectivity index (χ4v) is 1.65. The molecule has 0 aromatic heterocycles. The Morgan fingerprint density at radius 3 is 2.24 bits per heavy atom. The van der Waals surface area contributed by atoms with Crippen molar-refractivity contribution in [1.29, 1.82) is 0 Å². The van der Waals surface area contributed by atoms with Gasteiger partial charge in [-0.3, -0.25) is 4.79 Å². The Hall–Kier alpha value is -1.84. The SMILES string of the molecule is CC(=O)NC(C)(C(=O)O)c1ccc(C)c(C)c1. The summed E-state index contributed by atoms with van der Waals surface area (Å²) in [6.45, 7) is 6.66. The van der Waals surface area contributed by atoms with E-state index in [1.54, 1.807) is 12.1 Å². The van der Waals surface area contributed by atoms with Crippen LogP contribution in [0.15, 0.2) is 18.2 Å². The van der Waals surface area contributed by atoms with Crippen molar-refractivity contribution >= 4 is 11.9 Å². The lowest BCUT2D eigenvalue weighted by Gasteiger charge is -2.26. The van der Waals surface area contributed by atoms with Crippen LogP contribution < -0.4 is 5.32 Å². The van der Waals surface area contributed by atoms with Crippen molar-refractivity contribution < 1.29 is 14.7 Å². The van der Waals surface area contributed by atoms with E-state index in [0.717, 1.165) is 11.1 Å². The maximum atomic E-state index is 11.3. The van der Waals surface area contributed by atoms with E-state index in [2.05, 4.69) is 5.32 Å². The Kier molecular flexibility index (Phi) is 3.56. The molecule has 1 aromatic carbocycles. The number of carboxylic acids is 1. The minimum atomic E-state index is -1.38. The molecule has 0 aliphatic heterocycles. The van der Waals surface area contributed by atoms with Gasteiger partial charge in [-0.15, -0.1) is 0 Å². The van der Waals surface area contributed by atoms with Crippen LogP contribution in [0, 0.1) is 13.8 Å². The smallest absolute Gasteiger partial charge is 0.333 e. The summed E-state index contributed by atoms with van der Waals surface area (Å²) in [6.07, 6.45) is 0. The van der Waals surface area contributed by atoms with Crippen LogP contribution in [0.4, 0.5) is 0 Å². The number of nitrogens with one attached hydrogen (secondary N) is 1. The number of carboxylic acid groups (broad SMARTS) is 1. The molecule has 1 rings (SSSR count). The molecule has 0 fully saturated rings. The second-order valence-electron chi connectivity index (χ2n) is 4.41. The highest BCUT2D eigenvalue weighted by Gasteiger charge is 2.36. The number of carbonyl (C=O) groups excluding carboxylic acids is 1. The first-order chi connectivity index (χ1) is 7.77. The van der Waals surface area contributed by atoms with Crippen molar-refractivity contribution in [3.8, 4) is 0 Å². The standard InChI is InChI=1S/C13H17NO3/c1-8-5-6-11(7-9(8)2)13(4,12(16)17)14-10(3)15/h5-7H,1-4H3,(H,14,15)(H,16,17). The Morgan fingerprint density at radius 2 is 1.82 bits per heavy atom. The average Bonchev–Trinajstić information content (AvgIpc) is 2.20. The zero-order valence-electron chi connectivity index (χ0n) is 10.5. The Bertz CT molecular complexity index is 468. The van der Waals surface area contributed by atoms with Gasteiger partial charge in [0.25, 0.3) is 0 Å². The second kappa shape index (κ2) is 4.57. The number of rotatable bonds is 3. The molecule has 0 heterocycles. The second-order valence-corrected chi connectivity index (χ2v) is 4.41. The predicted molar refractivity (Wildman–Crippen MR) is 64.7 cm³/mol. The van der Waals surface area contributed by atoms with Gasteiger partial charge in [0.2, 0.25) is 5.91 Å². The Morgan fingerprint density at radius 1 is 1.24 bits per heavy atom. The summed E-state index contributed by atoms with van der Waals surface area (Å²) >= 11 is 0. The topological polar surface area (TPSA) is 66.4 Å². The molecule has 1 unspecified atom stereocenters. The van der Waals surface area contributed by atoms with Gasteiger partial charge in [0.05, 0.1) is 0 Å². The molecule has 1 amide bonds. The maximum absolute atomic E-state index is 11.3. The van der Waals surface area contributed by atoms with Crippen molar-refractivity contribution in [2.24, 2.45) is 0 Å². The highest BCUT2D eigenvalue weighted by molar-refractivity contribution is 5.86. The largest absolute Gasteiger partial charge is 0.479 e. The Labute approximate surface area is 101 Å². The molecule has 0 saturated heterocycles. The van der Waals surface area contributed by atoms with Crippen molar-refractivity contribution in [2.75, 3.05) is 0 Å². The fraction of sp³-hybridized carbons (Fsp3) is 0.385. The molecular weight excluding hydrogens is 218 g/mol. The van der Waals surface area contributed by atoms with Gasteiger partial charge >= 0.3 is 5.97 Å². The predicted octanol–water partition coefficient (Wildman–Crippen LogP) is 1.74. The lowest BCUT2D eigenvalue weighted by Crippen LogP contribution is -2.48. The minimum absolute atomic E-state index is 0.367. The lowest BCUT2D eigenvalue weighted by molar-refractivity contribution is -0.147. The van der Waals surface area contributed by atoms with Gasteiger partial charge < -0.3 is 10.4 Å². The van der Waals surface area contributed by atoms with Gasteiger partial charge in [-0.25, -0.2) is 4.79 Å². The van der Waals surface area contributed by atoms with Crippen LogP contribution in [0.2, 0.25) is 0 Å². The molecule has 0 aliphatic carbocycles. The molecule has 1 aromatic rings. The summed E-state index contributed by atoms with van der Waals surface area (Å²) < 4.78 is 0. The zero-order chi connectivity index (χ0) is 13.2. The highest BCUT2D eigenvalue weighted by atomic mass is 16.4. The van der Waals surface area contributed by atoms with Crippen LogP contribution in [-0.2, 0) is 15.1 Å². The third-order valence-electron chi connectivity index (χ3n) is 2.94. The summed E-state index contributed by atoms with van der Waals surface area (Å²) in [5.41, 5.74) is 1.28. The van der Waals surface area contributed by atoms with Crippen molar-refractivity contribution in [2.45, 2.75) is 33.2 Å². The molecule has 0 spiro atoms. The van der Waals surface area contributed by atoms with Crippen LogP contribution in [0.1, 0.15) is 30.5 Å². The van der Waals surface area contributed by atoms with Gasteiger partial charge in [-0.1, -0.05) is 18.2 Å². The maximum Gasteiger partial charge on any atom is 0.333 e. The minimum Gasteiger partial charge on any atom is -0.479 e. The molecule has 0 saturated carbocycles. The molecule has 4 heteroatoms. The quantitative estimate of drug-likeness (QED) is 0.838. The average molecular weight is 235 g/mol. The van der Waals surface area contributed by atoms with E-state index in [1.807, 2.05) is 19.9 Å². The molecule has 2 N–H and O–H groups in total. The number of aliphatic carboxylic acids is 1. The zero-order valence-corrected chi connectivity index (χ0v) is 10.5. The summed E-state index contributed by atoms with van der Waals surface area (Å²) in [5, 5.41) is 11.8. The van der Waals surface area contributed by atoms with Crippen LogP contribution >= 0.6 is 0 Å². The lowest BCUT2D eigenvalue weighted by atomic mass is 9.89. The van der Waals surface area contributed by atoms with Crippen molar-refractivity contribution in [3.05, 3.63) is 34.9 Å². The molecule has 0 aliphatic rings. The summed E-state index contributed by atoms with van der Waals surface area (Å²) in [6, 6.07) is 5.37. The monoisotopic (exact) mass is 235 g/mol. The van der Waals surface area contributed by atoms with E-state index < -0.39 is 11.5 Å². The first kappa shape index (κ1) is 13.2. The van der Waals surface area contributed by atoms with Gasteiger partial charge in [-0.2, -0.15) is 0 Å². The first-order valence-electron chi connectivity index (χ1n) is 5.37. The van der Waals surface area contributed by atoms with Gasteiger partial charge in [-0.05, 0) is 37.5 Å². The third kappa shape index (κ3) is 2.64. The number of benzene rings is 1. The van der Waals surface area contributed by atoms with Gasteiger partial charge in [0.1, 0.15) is 0 Å². The van der Waals surface area contributed by atoms with Crippen molar-refractivity contribution in [3.63, 3.8) is 0 Å². The summed E-state index contributed by atoms with van der Waals surface area (Å²) in [7, 11) is 0. The van der Waals surface area contributed by atoms with E-state index in [9.17, 15) is 14.7 Å². The molecule has 17 heavy (non-hydrogen) atoms. The molecule has 0 radical (unpaired) electrons. The van der Waals surface area contributed by atoms with E-state index in [-0.39, 0.29) is 5.91 Å². The number of hydrogen-bond donors (Lipinski definition) is 2. The molecule has 0 bridgehead atoms. The summed E-state index contributed by atoms with van der Waals surface area (Å²) in [4.78, 5) is 22.5. The fourth-order valence-electron chi connectivity index (χ4n) is 1.65. The van der Waals surface area contributed by atoms with Crippen LogP contribution in [0.3, 0.4) is 0 Å². The molecular formula is C13H17NO3. The number of hydrogen-bond acceptors (Lipinski definition) is 2. The number of aryl methyl sites for hydroxylation is 2. The van der Waals surface area contributed by atoms with Crippen LogP contribution in [0.5, 0.6) is 0 Å². The number of amides is 1. The Balaban J connectivity index is 3.27. The third-order valence-corrected chi connectivity index (χ3v) is 2.94. The summed E-state index contributed by atoms with van der Waals surface area (Å²) in [5.74, 6) is -1.44. The van der Waals surface area contributed by atoms with Gasteiger partial charge in [0, 0.05) is 6.92 Å². The van der Waals surface area contributed by atoms with Crippen molar-refractivity contribution in [1.82, 2.24) is 5.32 Å². The molecule has 4 nitrogen and oxygen atoms in total. The molecule has 92 valence electrons. The van der Waals surface area contributed by atoms with E-state index in [0.29, 0.717) is 5.56 Å². The molecule has 1 atom stereocenters. The van der Waals surface area contributed by atoms with Gasteiger partial charge in [0.15, 0.2) is 5.54 Å². The van der Waals surface area contributed by atoms with Crippen LogP contribution in [-0.4, -0.2) is 17.0 Å². The van der Waals surface area contributed by atoms with Crippen LogP contribution in [0.25, 0.3) is 0 Å². The van der Waals surface area contributed by atoms with E-state index >= 15 is 0 Å². The van der Waals surface area contributed by atoms with E-state index in [4.69, 9.17) is 0 Å². The van der Waals surface area contributed by atoms with E-state index in [1.165, 1.54) is 13.8 Å². The number of carbonyl (C=O) groups is 2. The highest BCUT2D eigenvalue weighted by Crippen LogP contribution is 2.23. The first-order valence-corrected chi connectivity index (χ1v) is 5.37.